The van der Waals surface area contributed by atoms with Gasteiger partial charge in [-0.15, -0.1) is 0 Å². The Morgan fingerprint density at radius 2 is 1.77 bits per heavy atom. The maximum absolute atomic E-state index is 12.0. The molecule has 1 aromatic rings. The summed E-state index contributed by atoms with van der Waals surface area (Å²) in [6.45, 7) is 2.30. The highest BCUT2D eigenvalue weighted by molar-refractivity contribution is 7.78. The van der Waals surface area contributed by atoms with Gasteiger partial charge in [-0.3, -0.25) is 14.6 Å². The molecule has 1 rings (SSSR count). The summed E-state index contributed by atoms with van der Waals surface area (Å²) in [6, 6.07) is 5.59. The lowest BCUT2D eigenvalue weighted by molar-refractivity contribution is -0.138. The van der Waals surface area contributed by atoms with Gasteiger partial charge in [-0.05, 0) is 31.9 Å². The van der Waals surface area contributed by atoms with Crippen LogP contribution in [0.3, 0.4) is 0 Å². The van der Waals surface area contributed by atoms with E-state index >= 15 is 0 Å². The van der Waals surface area contributed by atoms with Crippen molar-refractivity contribution in [1.29, 1.82) is 0 Å². The fourth-order valence-electron chi connectivity index (χ4n) is 2.44. The molecule has 30 heavy (non-hydrogen) atoms. The van der Waals surface area contributed by atoms with E-state index in [1.807, 2.05) is 6.92 Å². The molecule has 0 spiro atoms. The van der Waals surface area contributed by atoms with E-state index < -0.39 is 23.3 Å². The molecule has 0 heterocycles. The van der Waals surface area contributed by atoms with Crippen molar-refractivity contribution in [2.45, 2.75) is 51.5 Å². The molecular formula is C19H31N5O5S. The summed E-state index contributed by atoms with van der Waals surface area (Å²) in [5.41, 5.74) is 11.5. The molecule has 10 nitrogen and oxygen atoms in total. The Balaban J connectivity index is 2.24. The third kappa shape index (κ3) is 12.0. The first-order valence-electron chi connectivity index (χ1n) is 9.75. The topological polar surface area (TPSA) is 169 Å². The number of aryl methyl sites for hydroxylation is 1. The van der Waals surface area contributed by atoms with E-state index in [-0.39, 0.29) is 18.4 Å². The second-order valence-electron chi connectivity index (χ2n) is 6.77. The first-order chi connectivity index (χ1) is 14.3. The molecule has 0 saturated carbocycles. The van der Waals surface area contributed by atoms with Gasteiger partial charge in [0.15, 0.2) is 5.96 Å². The van der Waals surface area contributed by atoms with Crippen LogP contribution in [0.5, 0.6) is 5.75 Å². The number of hydrogen-bond donors (Lipinski definition) is 5. The van der Waals surface area contributed by atoms with E-state index in [0.717, 1.165) is 31.2 Å². The van der Waals surface area contributed by atoms with E-state index in [0.29, 0.717) is 25.1 Å². The fraction of sp³-hybridized carbons (Fsp3) is 0.526. The number of nitrogens with one attached hydrogen (secondary N) is 2. The minimum Gasteiger partial charge on any atom is -0.480 e. The van der Waals surface area contributed by atoms with Crippen LogP contribution in [0.2, 0.25) is 0 Å². The summed E-state index contributed by atoms with van der Waals surface area (Å²) in [5.74, 6) is -1.06. The summed E-state index contributed by atoms with van der Waals surface area (Å²) < 4.78 is 19.5. The lowest BCUT2D eigenvalue weighted by Gasteiger charge is -2.14. The highest BCUT2D eigenvalue weighted by Crippen LogP contribution is 2.12. The number of carbonyl (C=O) groups is 2. The Kier molecular flexibility index (Phi) is 12.1. The fourth-order valence-corrected chi connectivity index (χ4v) is 3.19. The monoisotopic (exact) mass is 441 g/mol. The normalized spacial score (nSPS) is 12.6. The van der Waals surface area contributed by atoms with Crippen molar-refractivity contribution in [3.05, 3.63) is 29.8 Å². The van der Waals surface area contributed by atoms with Gasteiger partial charge in [0.25, 0.3) is 11.3 Å². The number of nitrogens with zero attached hydrogens (tertiary/aromatic N) is 1. The number of carboxylic acid groups (broad SMARTS) is 1. The van der Waals surface area contributed by atoms with Crippen molar-refractivity contribution in [3.63, 3.8) is 0 Å². The van der Waals surface area contributed by atoms with E-state index in [2.05, 4.69) is 15.0 Å². The van der Waals surface area contributed by atoms with Crippen LogP contribution >= 0.6 is 0 Å². The predicted molar refractivity (Wildman–Crippen MR) is 116 cm³/mol. The molecule has 2 atom stereocenters. The molecule has 0 aromatic heterocycles. The summed E-state index contributed by atoms with van der Waals surface area (Å²) in [7, 11) is 0. The van der Waals surface area contributed by atoms with Gasteiger partial charge in [0.1, 0.15) is 11.8 Å². The number of amides is 1. The number of hydrogen-bond acceptors (Lipinski definition) is 5. The van der Waals surface area contributed by atoms with E-state index in [4.69, 9.17) is 15.7 Å². The molecule has 0 radical (unpaired) electrons. The average Bonchev–Trinajstić information content (AvgIpc) is 2.68. The quantitative estimate of drug-likeness (QED) is 0.152. The molecule has 0 aliphatic carbocycles. The molecule has 2 unspecified atom stereocenters. The van der Waals surface area contributed by atoms with Crippen LogP contribution in [0.15, 0.2) is 29.3 Å². The Morgan fingerprint density at radius 3 is 2.40 bits per heavy atom. The van der Waals surface area contributed by atoms with Crippen LogP contribution in [0.25, 0.3) is 0 Å². The molecule has 168 valence electrons. The van der Waals surface area contributed by atoms with Crippen molar-refractivity contribution < 1.29 is 23.1 Å². The number of guanidine groups is 1. The predicted octanol–water partition coefficient (Wildman–Crippen LogP) is 0.726. The first kappa shape index (κ1) is 25.4. The second-order valence-corrected chi connectivity index (χ2v) is 7.64. The number of carbonyl (C=O) groups excluding carboxylic acids is 1. The maximum Gasteiger partial charge on any atom is 0.323 e. The van der Waals surface area contributed by atoms with E-state index in [1.54, 1.807) is 24.3 Å². The van der Waals surface area contributed by atoms with Gasteiger partial charge >= 0.3 is 5.97 Å². The Hall–Kier alpha value is -2.66. The number of aliphatic imine (C=N–C) groups is 1. The van der Waals surface area contributed by atoms with Crippen molar-refractivity contribution in [2.24, 2.45) is 16.5 Å². The third-order valence-electron chi connectivity index (χ3n) is 4.09. The number of benzene rings is 1. The number of carboxylic acids is 1. The van der Waals surface area contributed by atoms with E-state index in [1.165, 1.54) is 0 Å². The van der Waals surface area contributed by atoms with Crippen LogP contribution in [0.1, 0.15) is 44.1 Å². The lowest BCUT2D eigenvalue weighted by atomic mass is 10.1. The van der Waals surface area contributed by atoms with Crippen molar-refractivity contribution >= 4 is 29.1 Å². The zero-order chi connectivity index (χ0) is 22.4. The summed E-state index contributed by atoms with van der Waals surface area (Å²) >= 11 is -2.06. The molecule has 0 fully saturated rings. The zero-order valence-electron chi connectivity index (χ0n) is 17.1. The Morgan fingerprint density at radius 1 is 1.13 bits per heavy atom. The highest BCUT2D eigenvalue weighted by Gasteiger charge is 2.21. The van der Waals surface area contributed by atoms with Crippen LogP contribution in [0.4, 0.5) is 0 Å². The zero-order valence-corrected chi connectivity index (χ0v) is 18.0. The Bertz CT molecular complexity index is 723. The minimum absolute atomic E-state index is 0.0892. The summed E-state index contributed by atoms with van der Waals surface area (Å²) in [5, 5.41) is 11.8. The summed E-state index contributed by atoms with van der Waals surface area (Å²) in [4.78, 5) is 27.1. The molecule has 0 saturated heterocycles. The van der Waals surface area contributed by atoms with Crippen LogP contribution in [-0.2, 0) is 20.9 Å². The largest absolute Gasteiger partial charge is 0.480 e. The maximum atomic E-state index is 12.0. The molecule has 1 amide bonds. The van der Waals surface area contributed by atoms with Gasteiger partial charge in [0.05, 0.1) is 0 Å². The standard InChI is InChI=1S/C19H31N5O5S/c1-14-8-10-15(11-9-14)29-30(28)24-16(18(26)27)13-23-17(25)7-5-3-2-4-6-12-22-19(20)21/h8-11,16,24H,2-7,12-13H2,1H3,(H,23,25)(H,26,27)(H4,20,21,22). The van der Waals surface area contributed by atoms with Gasteiger partial charge in [0, 0.05) is 19.5 Å². The van der Waals surface area contributed by atoms with Gasteiger partial charge in [-0.25, -0.2) is 0 Å². The van der Waals surface area contributed by atoms with Crippen molar-refractivity contribution in [3.8, 4) is 5.75 Å². The molecular weight excluding hydrogens is 410 g/mol. The second kappa shape index (κ2) is 14.3. The van der Waals surface area contributed by atoms with Gasteiger partial charge in [0.2, 0.25) is 5.91 Å². The van der Waals surface area contributed by atoms with E-state index in [9.17, 15) is 18.9 Å². The number of unbranched alkanes of at least 4 members (excludes halogenated alkanes) is 4. The molecule has 0 bridgehead atoms. The van der Waals surface area contributed by atoms with Crippen molar-refractivity contribution in [2.75, 3.05) is 13.1 Å². The SMILES string of the molecule is Cc1ccc(OS(=O)NC(CNC(=O)CCCCCCCN=C(N)N)C(=O)O)cc1. The third-order valence-corrected chi connectivity index (χ3v) is 4.91. The minimum atomic E-state index is -2.06. The molecule has 11 heteroatoms. The molecule has 1 aromatic carbocycles. The lowest BCUT2D eigenvalue weighted by Crippen LogP contribution is -2.47. The Labute approximate surface area is 179 Å². The molecule has 7 N–H and O–H groups in total. The highest BCUT2D eigenvalue weighted by atomic mass is 32.2. The van der Waals surface area contributed by atoms with Gasteiger partial charge in [-0.2, -0.15) is 8.93 Å². The number of nitrogens with two attached hydrogens (primary N) is 2. The van der Waals surface area contributed by atoms with Crippen LogP contribution in [-0.4, -0.2) is 46.3 Å². The smallest absolute Gasteiger partial charge is 0.323 e. The molecule has 0 aliphatic rings. The molecule has 0 aliphatic heterocycles. The van der Waals surface area contributed by atoms with Crippen LogP contribution in [0, 0.1) is 6.92 Å². The van der Waals surface area contributed by atoms with Crippen LogP contribution < -0.4 is 25.7 Å². The number of rotatable bonds is 15. The van der Waals surface area contributed by atoms with Gasteiger partial charge < -0.3 is 26.1 Å². The van der Waals surface area contributed by atoms with Crippen molar-refractivity contribution in [1.82, 2.24) is 10.0 Å². The van der Waals surface area contributed by atoms with Gasteiger partial charge in [-0.1, -0.05) is 37.0 Å². The average molecular weight is 442 g/mol. The summed E-state index contributed by atoms with van der Waals surface area (Å²) in [6.07, 6.45) is 4.69. The first-order valence-corrected chi connectivity index (χ1v) is 10.8. The number of aliphatic carboxylic acids is 1.